The Morgan fingerprint density at radius 1 is 0.362 bits per heavy atom. The minimum Gasteiger partial charge on any atom is -0.462 e. The van der Waals surface area contributed by atoms with Crippen LogP contribution in [0.15, 0.2) is 60.8 Å². The van der Waals surface area contributed by atoms with Crippen molar-refractivity contribution < 1.29 is 28.6 Å². The van der Waals surface area contributed by atoms with Crippen LogP contribution in [0.2, 0.25) is 0 Å². The lowest BCUT2D eigenvalue weighted by atomic mass is 10.0. The van der Waals surface area contributed by atoms with Crippen molar-refractivity contribution >= 4 is 17.9 Å². The molecule has 0 aromatic carbocycles. The van der Waals surface area contributed by atoms with Gasteiger partial charge in [0.15, 0.2) is 6.10 Å². The van der Waals surface area contributed by atoms with Gasteiger partial charge in [0.2, 0.25) is 0 Å². The SMILES string of the molecule is CC/C=C\C/C=C\C/C=C\C/C=C\C/C=C\CCCC(=O)OCC(COC(=O)CCCCCCCCC)OC(=O)CCCCCCCCCCCCCCCCCC. The highest BCUT2D eigenvalue weighted by Gasteiger charge is 2.19. The molecular weight excluding hydrogens is 721 g/mol. The first-order valence-electron chi connectivity index (χ1n) is 24.3. The Morgan fingerprint density at radius 2 is 0.672 bits per heavy atom. The van der Waals surface area contributed by atoms with Gasteiger partial charge in [0.25, 0.3) is 0 Å². The van der Waals surface area contributed by atoms with E-state index in [1.54, 1.807) is 0 Å². The van der Waals surface area contributed by atoms with E-state index in [-0.39, 0.29) is 37.5 Å². The van der Waals surface area contributed by atoms with Crippen molar-refractivity contribution in [2.45, 2.75) is 239 Å². The lowest BCUT2D eigenvalue weighted by Crippen LogP contribution is -2.30. The molecule has 0 aliphatic carbocycles. The van der Waals surface area contributed by atoms with Crippen molar-refractivity contribution in [2.75, 3.05) is 13.2 Å². The number of hydrogen-bond acceptors (Lipinski definition) is 6. The van der Waals surface area contributed by atoms with Crippen LogP contribution < -0.4 is 0 Å². The molecule has 0 radical (unpaired) electrons. The summed E-state index contributed by atoms with van der Waals surface area (Å²) < 4.78 is 16.6. The van der Waals surface area contributed by atoms with Crippen LogP contribution in [0.25, 0.3) is 0 Å². The Hall–Kier alpha value is -2.89. The first kappa shape index (κ1) is 55.1. The molecule has 0 rings (SSSR count). The molecule has 0 spiro atoms. The molecule has 1 atom stereocenters. The van der Waals surface area contributed by atoms with Crippen molar-refractivity contribution in [1.82, 2.24) is 0 Å². The molecule has 0 saturated heterocycles. The second-order valence-corrected chi connectivity index (χ2v) is 16.0. The van der Waals surface area contributed by atoms with E-state index in [4.69, 9.17) is 14.2 Å². The molecule has 0 aliphatic heterocycles. The van der Waals surface area contributed by atoms with Crippen LogP contribution in [-0.2, 0) is 28.6 Å². The van der Waals surface area contributed by atoms with E-state index in [1.165, 1.54) is 109 Å². The predicted molar refractivity (Wildman–Crippen MR) is 247 cm³/mol. The Balaban J connectivity index is 4.36. The Bertz CT molecular complexity index is 1070. The summed E-state index contributed by atoms with van der Waals surface area (Å²) in [5.74, 6) is -0.954. The molecule has 6 heteroatoms. The van der Waals surface area contributed by atoms with Crippen molar-refractivity contribution in [3.63, 3.8) is 0 Å². The van der Waals surface area contributed by atoms with E-state index in [1.807, 2.05) is 0 Å². The van der Waals surface area contributed by atoms with Crippen molar-refractivity contribution in [2.24, 2.45) is 0 Å². The predicted octanol–water partition coefficient (Wildman–Crippen LogP) is 15.7. The molecule has 1 unspecified atom stereocenters. The van der Waals surface area contributed by atoms with Gasteiger partial charge in [-0.05, 0) is 57.8 Å². The Morgan fingerprint density at radius 3 is 1.05 bits per heavy atom. The molecular formula is C52H90O6. The first-order chi connectivity index (χ1) is 28.5. The van der Waals surface area contributed by atoms with Crippen LogP contribution >= 0.6 is 0 Å². The van der Waals surface area contributed by atoms with E-state index in [9.17, 15) is 14.4 Å². The summed E-state index contributed by atoms with van der Waals surface area (Å²) in [4.78, 5) is 37.7. The highest BCUT2D eigenvalue weighted by atomic mass is 16.6. The summed E-state index contributed by atoms with van der Waals surface area (Å²) in [6.07, 6.45) is 56.5. The molecule has 0 bridgehead atoms. The number of unbranched alkanes of at least 4 members (excludes halogenated alkanes) is 22. The second kappa shape index (κ2) is 46.8. The zero-order valence-electron chi connectivity index (χ0n) is 38.0. The average Bonchev–Trinajstić information content (AvgIpc) is 3.22. The zero-order chi connectivity index (χ0) is 42.3. The molecule has 58 heavy (non-hydrogen) atoms. The van der Waals surface area contributed by atoms with Crippen LogP contribution in [0.3, 0.4) is 0 Å². The molecule has 334 valence electrons. The quantitative estimate of drug-likeness (QED) is 0.0264. The molecule has 0 amide bonds. The normalized spacial score (nSPS) is 12.5. The van der Waals surface area contributed by atoms with E-state index in [2.05, 4.69) is 81.5 Å². The van der Waals surface area contributed by atoms with Crippen molar-refractivity contribution in [3.8, 4) is 0 Å². The maximum absolute atomic E-state index is 12.7. The molecule has 6 nitrogen and oxygen atoms in total. The molecule has 0 aromatic heterocycles. The summed E-state index contributed by atoms with van der Waals surface area (Å²) in [7, 11) is 0. The minimum absolute atomic E-state index is 0.0899. The highest BCUT2D eigenvalue weighted by Crippen LogP contribution is 2.15. The zero-order valence-corrected chi connectivity index (χ0v) is 38.0. The third-order valence-electron chi connectivity index (χ3n) is 10.3. The van der Waals surface area contributed by atoms with Gasteiger partial charge >= 0.3 is 17.9 Å². The topological polar surface area (TPSA) is 78.9 Å². The van der Waals surface area contributed by atoms with Gasteiger partial charge in [-0.1, -0.05) is 216 Å². The number of allylic oxidation sites excluding steroid dienone is 10. The monoisotopic (exact) mass is 811 g/mol. The summed E-state index contributed by atoms with van der Waals surface area (Å²) in [6, 6.07) is 0. The molecule has 0 heterocycles. The lowest BCUT2D eigenvalue weighted by molar-refractivity contribution is -0.167. The first-order valence-corrected chi connectivity index (χ1v) is 24.3. The van der Waals surface area contributed by atoms with Gasteiger partial charge in [0, 0.05) is 19.3 Å². The fraction of sp³-hybridized carbons (Fsp3) is 0.750. The molecule has 0 aromatic rings. The van der Waals surface area contributed by atoms with Crippen LogP contribution in [0.4, 0.5) is 0 Å². The van der Waals surface area contributed by atoms with Crippen molar-refractivity contribution in [3.05, 3.63) is 60.8 Å². The van der Waals surface area contributed by atoms with Crippen molar-refractivity contribution in [1.29, 1.82) is 0 Å². The summed E-state index contributed by atoms with van der Waals surface area (Å²) in [6.45, 7) is 6.43. The van der Waals surface area contributed by atoms with Crippen LogP contribution in [0.5, 0.6) is 0 Å². The third kappa shape index (κ3) is 44.2. The highest BCUT2D eigenvalue weighted by molar-refractivity contribution is 5.71. The number of ether oxygens (including phenoxy) is 3. The van der Waals surface area contributed by atoms with E-state index >= 15 is 0 Å². The molecule has 0 saturated carbocycles. The molecule has 0 N–H and O–H groups in total. The van der Waals surface area contributed by atoms with Gasteiger partial charge in [-0.2, -0.15) is 0 Å². The smallest absolute Gasteiger partial charge is 0.306 e. The fourth-order valence-electron chi connectivity index (χ4n) is 6.65. The number of esters is 3. The second-order valence-electron chi connectivity index (χ2n) is 16.0. The maximum Gasteiger partial charge on any atom is 0.306 e. The molecule has 0 fully saturated rings. The van der Waals surface area contributed by atoms with E-state index in [0.29, 0.717) is 19.3 Å². The van der Waals surface area contributed by atoms with Gasteiger partial charge in [-0.3, -0.25) is 14.4 Å². The Kier molecular flexibility index (Phi) is 44.5. The summed E-state index contributed by atoms with van der Waals surface area (Å²) in [5, 5.41) is 0. The minimum atomic E-state index is -0.790. The van der Waals surface area contributed by atoms with Gasteiger partial charge < -0.3 is 14.2 Å². The third-order valence-corrected chi connectivity index (χ3v) is 10.3. The number of carbonyl (C=O) groups excluding carboxylic acids is 3. The van der Waals surface area contributed by atoms with Gasteiger partial charge in [0.05, 0.1) is 0 Å². The molecule has 0 aliphatic rings. The van der Waals surface area contributed by atoms with E-state index in [0.717, 1.165) is 77.0 Å². The number of hydrogen-bond donors (Lipinski definition) is 0. The summed E-state index contributed by atoms with van der Waals surface area (Å²) in [5.41, 5.74) is 0. The number of rotatable bonds is 43. The van der Waals surface area contributed by atoms with Gasteiger partial charge in [-0.15, -0.1) is 0 Å². The van der Waals surface area contributed by atoms with Crippen LogP contribution in [0, 0.1) is 0 Å². The largest absolute Gasteiger partial charge is 0.462 e. The number of carbonyl (C=O) groups is 3. The van der Waals surface area contributed by atoms with Gasteiger partial charge in [0.1, 0.15) is 13.2 Å². The van der Waals surface area contributed by atoms with Crippen LogP contribution in [-0.4, -0.2) is 37.2 Å². The Labute approximate surface area is 358 Å². The lowest BCUT2D eigenvalue weighted by Gasteiger charge is -2.18. The standard InChI is InChI=1S/C52H90O6/c1-4-7-10-13-16-18-20-22-24-26-28-29-31-33-36-39-42-45-51(54)57-48-49(47-56-50(53)44-41-38-35-15-12-9-6-3)58-52(55)46-43-40-37-34-32-30-27-25-23-21-19-17-14-11-8-5-2/h7,10,16,18,22,24,28-29,33,36,49H,4-6,8-9,11-15,17,19-21,23,25-27,30-32,34-35,37-48H2,1-3H3/b10-7-,18-16-,24-22-,29-28-,36-33-. The fourth-order valence-corrected chi connectivity index (χ4v) is 6.65. The van der Waals surface area contributed by atoms with Gasteiger partial charge in [-0.25, -0.2) is 0 Å². The maximum atomic E-state index is 12.7. The summed E-state index contributed by atoms with van der Waals surface area (Å²) >= 11 is 0. The average molecular weight is 811 g/mol. The van der Waals surface area contributed by atoms with Crippen LogP contribution in [0.1, 0.15) is 233 Å². The van der Waals surface area contributed by atoms with E-state index < -0.39 is 6.10 Å².